The topological polar surface area (TPSA) is 75.7 Å². The van der Waals surface area contributed by atoms with Gasteiger partial charge in [-0.25, -0.2) is 8.42 Å². The van der Waals surface area contributed by atoms with Crippen LogP contribution < -0.4 is 14.4 Å². The van der Waals surface area contributed by atoms with Crippen molar-refractivity contribution < 1.29 is 17.9 Å². The molecule has 0 saturated heterocycles. The molecule has 0 aliphatic rings. The summed E-state index contributed by atoms with van der Waals surface area (Å²) in [5.74, 6) is 0.350. The van der Waals surface area contributed by atoms with Gasteiger partial charge >= 0.3 is 0 Å². The maximum atomic E-state index is 13.1. The third-order valence-corrected chi connectivity index (χ3v) is 6.69. The third kappa shape index (κ3) is 5.06. The van der Waals surface area contributed by atoms with Crippen LogP contribution in [-0.2, 0) is 16.6 Å². The van der Waals surface area contributed by atoms with Crippen molar-refractivity contribution in [3.8, 4) is 5.75 Å². The number of rotatable bonds is 8. The molecule has 3 aromatic carbocycles. The van der Waals surface area contributed by atoms with Gasteiger partial charge in [-0.2, -0.15) is 0 Å². The Morgan fingerprint density at radius 2 is 1.71 bits per heavy atom. The molecule has 0 aromatic heterocycles. The number of nitrogens with one attached hydrogen (secondary N) is 1. The van der Waals surface area contributed by atoms with Crippen molar-refractivity contribution in [3.63, 3.8) is 0 Å². The van der Waals surface area contributed by atoms with E-state index in [0.717, 1.165) is 11.1 Å². The first kappa shape index (κ1) is 22.4. The number of carbonyl (C=O) groups excluding carboxylic acids is 1. The van der Waals surface area contributed by atoms with Crippen LogP contribution in [0.25, 0.3) is 0 Å². The third-order valence-electron chi connectivity index (χ3n) is 4.92. The molecule has 0 heterocycles. The summed E-state index contributed by atoms with van der Waals surface area (Å²) in [5, 5.41) is 2.84. The van der Waals surface area contributed by atoms with E-state index in [1.54, 1.807) is 24.3 Å². The summed E-state index contributed by atoms with van der Waals surface area (Å²) in [5.41, 5.74) is 2.55. The minimum Gasteiger partial charge on any atom is -0.494 e. The van der Waals surface area contributed by atoms with Gasteiger partial charge in [-0.15, -0.1) is 0 Å². The normalized spacial score (nSPS) is 11.1. The zero-order valence-corrected chi connectivity index (χ0v) is 18.6. The predicted molar refractivity (Wildman–Crippen MR) is 122 cm³/mol. The second kappa shape index (κ2) is 9.66. The van der Waals surface area contributed by atoms with Gasteiger partial charge in [0.2, 0.25) is 0 Å². The molecule has 0 spiro atoms. The summed E-state index contributed by atoms with van der Waals surface area (Å²) in [7, 11) is -2.31. The number of anilines is 1. The molecule has 3 aromatic rings. The maximum Gasteiger partial charge on any atom is 0.264 e. The van der Waals surface area contributed by atoms with Crippen LogP contribution in [0.4, 0.5) is 5.69 Å². The molecule has 1 N–H and O–H groups in total. The summed E-state index contributed by atoms with van der Waals surface area (Å²) in [6, 6.07) is 20.8. The van der Waals surface area contributed by atoms with Crippen molar-refractivity contribution in [1.82, 2.24) is 5.32 Å². The van der Waals surface area contributed by atoms with Gasteiger partial charge in [-0.05, 0) is 49.7 Å². The number of hydrogen-bond acceptors (Lipinski definition) is 4. The van der Waals surface area contributed by atoms with Gasteiger partial charge in [-0.1, -0.05) is 42.5 Å². The first-order valence-corrected chi connectivity index (χ1v) is 11.4. The number of benzene rings is 3. The minimum atomic E-state index is -3.82. The van der Waals surface area contributed by atoms with E-state index in [-0.39, 0.29) is 22.9 Å². The summed E-state index contributed by atoms with van der Waals surface area (Å²) in [4.78, 5) is 12.8. The fourth-order valence-corrected chi connectivity index (χ4v) is 4.53. The highest BCUT2D eigenvalue weighted by Gasteiger charge is 2.23. The summed E-state index contributed by atoms with van der Waals surface area (Å²) in [6.07, 6.45) is 0. The largest absolute Gasteiger partial charge is 0.494 e. The highest BCUT2D eigenvalue weighted by molar-refractivity contribution is 7.92. The van der Waals surface area contributed by atoms with Crippen LogP contribution in [0.5, 0.6) is 5.75 Å². The van der Waals surface area contributed by atoms with Crippen molar-refractivity contribution in [2.75, 3.05) is 18.0 Å². The molecule has 0 atom stereocenters. The van der Waals surface area contributed by atoms with E-state index in [4.69, 9.17) is 4.74 Å². The predicted octanol–water partition coefficient (Wildman–Crippen LogP) is 4.15. The van der Waals surface area contributed by atoms with Crippen molar-refractivity contribution in [1.29, 1.82) is 0 Å². The van der Waals surface area contributed by atoms with E-state index < -0.39 is 10.0 Å². The monoisotopic (exact) mass is 438 g/mol. The van der Waals surface area contributed by atoms with Gasteiger partial charge < -0.3 is 10.1 Å². The molecule has 0 radical (unpaired) electrons. The molecule has 31 heavy (non-hydrogen) atoms. The second-order valence-corrected chi connectivity index (χ2v) is 8.98. The van der Waals surface area contributed by atoms with Gasteiger partial charge in [0.1, 0.15) is 5.75 Å². The molecule has 0 unspecified atom stereocenters. The van der Waals surface area contributed by atoms with Crippen molar-refractivity contribution in [2.24, 2.45) is 0 Å². The van der Waals surface area contributed by atoms with Crippen LogP contribution in [0.3, 0.4) is 0 Å². The van der Waals surface area contributed by atoms with Crippen LogP contribution in [0, 0.1) is 6.92 Å². The molecular formula is C24H26N2O4S. The van der Waals surface area contributed by atoms with Crippen molar-refractivity contribution in [2.45, 2.75) is 25.3 Å². The Bertz CT molecular complexity index is 1180. The van der Waals surface area contributed by atoms with Gasteiger partial charge in [-0.3, -0.25) is 9.10 Å². The minimum absolute atomic E-state index is 0.0561. The van der Waals surface area contributed by atoms with E-state index in [9.17, 15) is 13.2 Å². The van der Waals surface area contributed by atoms with Crippen LogP contribution in [0.2, 0.25) is 0 Å². The molecule has 0 saturated carbocycles. The molecular weight excluding hydrogens is 412 g/mol. The Hall–Kier alpha value is -3.32. The number of nitrogens with zero attached hydrogens (tertiary/aromatic N) is 1. The maximum absolute atomic E-state index is 13.1. The van der Waals surface area contributed by atoms with Gasteiger partial charge in [0.05, 0.1) is 17.2 Å². The quantitative estimate of drug-likeness (QED) is 0.573. The standard InChI is InChI=1S/C24H26N2O4S/c1-4-30-23-15-8-6-11-20(23)17-25-24(27)19-12-9-13-21(16-19)31(28,29)26(3)22-14-7-5-10-18(22)2/h5-16H,4,17H2,1-3H3,(H,25,27). The van der Waals surface area contributed by atoms with Gasteiger partial charge in [0.25, 0.3) is 15.9 Å². The molecule has 3 rings (SSSR count). The average molecular weight is 439 g/mol. The number of amides is 1. The number of aryl methyl sites for hydroxylation is 1. The Morgan fingerprint density at radius 3 is 2.45 bits per heavy atom. The molecule has 0 aliphatic carbocycles. The van der Waals surface area contributed by atoms with E-state index in [1.807, 2.05) is 50.2 Å². The lowest BCUT2D eigenvalue weighted by Gasteiger charge is -2.21. The SMILES string of the molecule is CCOc1ccccc1CNC(=O)c1cccc(S(=O)(=O)N(C)c2ccccc2C)c1. The molecule has 0 bridgehead atoms. The summed E-state index contributed by atoms with van der Waals surface area (Å²) >= 11 is 0. The second-order valence-electron chi connectivity index (χ2n) is 7.01. The zero-order chi connectivity index (χ0) is 22.4. The number of para-hydroxylation sites is 2. The highest BCUT2D eigenvalue weighted by atomic mass is 32.2. The van der Waals surface area contributed by atoms with E-state index in [0.29, 0.717) is 18.0 Å². The lowest BCUT2D eigenvalue weighted by molar-refractivity contribution is 0.0950. The van der Waals surface area contributed by atoms with E-state index in [2.05, 4.69) is 5.32 Å². The number of carbonyl (C=O) groups is 1. The van der Waals surface area contributed by atoms with Crippen molar-refractivity contribution >= 4 is 21.6 Å². The fourth-order valence-electron chi connectivity index (χ4n) is 3.23. The van der Waals surface area contributed by atoms with Gasteiger partial charge in [0.15, 0.2) is 0 Å². The first-order valence-electron chi connectivity index (χ1n) is 9.98. The lowest BCUT2D eigenvalue weighted by atomic mass is 10.1. The molecule has 6 nitrogen and oxygen atoms in total. The first-order chi connectivity index (χ1) is 14.8. The number of ether oxygens (including phenoxy) is 1. The summed E-state index contributed by atoms with van der Waals surface area (Å²) in [6.45, 7) is 4.55. The highest BCUT2D eigenvalue weighted by Crippen LogP contribution is 2.25. The molecule has 7 heteroatoms. The van der Waals surface area contributed by atoms with Crippen LogP contribution >= 0.6 is 0 Å². The average Bonchev–Trinajstić information content (AvgIpc) is 2.78. The Morgan fingerprint density at radius 1 is 1.00 bits per heavy atom. The van der Waals surface area contributed by atoms with Crippen LogP contribution in [0.1, 0.15) is 28.4 Å². The fraction of sp³-hybridized carbons (Fsp3) is 0.208. The van der Waals surface area contributed by atoms with Gasteiger partial charge in [0, 0.05) is 24.7 Å². The van der Waals surface area contributed by atoms with Crippen molar-refractivity contribution in [3.05, 3.63) is 89.5 Å². The summed E-state index contributed by atoms with van der Waals surface area (Å²) < 4.78 is 33.1. The van der Waals surface area contributed by atoms with E-state index >= 15 is 0 Å². The lowest BCUT2D eigenvalue weighted by Crippen LogP contribution is -2.28. The van der Waals surface area contributed by atoms with E-state index in [1.165, 1.54) is 23.5 Å². The Balaban J connectivity index is 1.80. The number of hydrogen-bond donors (Lipinski definition) is 1. The molecule has 0 fully saturated rings. The molecule has 162 valence electrons. The zero-order valence-electron chi connectivity index (χ0n) is 17.8. The Labute approximate surface area is 183 Å². The van der Waals surface area contributed by atoms with Crippen LogP contribution in [0.15, 0.2) is 77.7 Å². The number of sulfonamides is 1. The Kier molecular flexibility index (Phi) is 6.97. The van der Waals surface area contributed by atoms with Crippen LogP contribution in [-0.4, -0.2) is 28.0 Å². The smallest absolute Gasteiger partial charge is 0.264 e. The molecule has 0 aliphatic heterocycles. The molecule has 1 amide bonds.